The van der Waals surface area contributed by atoms with Crippen LogP contribution in [0.5, 0.6) is 0 Å². The summed E-state index contributed by atoms with van der Waals surface area (Å²) in [6.07, 6.45) is 1.85. The van der Waals surface area contributed by atoms with Gasteiger partial charge in [0.25, 0.3) is 0 Å². The van der Waals surface area contributed by atoms with Crippen molar-refractivity contribution in [3.8, 4) is 0 Å². The van der Waals surface area contributed by atoms with Crippen LogP contribution in [0.2, 0.25) is 0 Å². The Kier molecular flexibility index (Phi) is 5.66. The number of hydrogen-bond donors (Lipinski definition) is 2. The van der Waals surface area contributed by atoms with E-state index in [1.54, 1.807) is 19.1 Å². The molecule has 0 aromatic rings. The van der Waals surface area contributed by atoms with Gasteiger partial charge in [0.15, 0.2) is 0 Å². The highest BCUT2D eigenvalue weighted by molar-refractivity contribution is 5.78. The zero-order valence-corrected chi connectivity index (χ0v) is 8.13. The molecule has 4 heteroatoms. The average Bonchev–Trinajstić information content (AvgIpc) is 1.98. The summed E-state index contributed by atoms with van der Waals surface area (Å²) in [5, 5.41) is 1.64. The highest BCUT2D eigenvalue weighted by Crippen LogP contribution is 2.03. The minimum Gasteiger partial charge on any atom is -0.330 e. The molecule has 12 heavy (non-hydrogen) atoms. The van der Waals surface area contributed by atoms with Crippen molar-refractivity contribution in [3.63, 3.8) is 0 Å². The number of nitrogens with two attached hydrogens (primary N) is 1. The van der Waals surface area contributed by atoms with E-state index in [9.17, 15) is 4.79 Å². The fourth-order valence-electron chi connectivity index (χ4n) is 1.02. The summed E-state index contributed by atoms with van der Waals surface area (Å²) < 4.78 is 0. The highest BCUT2D eigenvalue weighted by Gasteiger charge is 2.15. The third-order valence-electron chi connectivity index (χ3n) is 1.63. The van der Waals surface area contributed by atoms with Gasteiger partial charge in [-0.15, -0.1) is 0 Å². The van der Waals surface area contributed by atoms with Crippen LogP contribution in [0.3, 0.4) is 0 Å². The number of amides is 1. The molecule has 1 amide bonds. The van der Waals surface area contributed by atoms with Gasteiger partial charge in [0.2, 0.25) is 5.91 Å². The van der Waals surface area contributed by atoms with Gasteiger partial charge in [0.1, 0.15) is 0 Å². The number of carbonyl (C=O) groups excluding carboxylic acids is 1. The molecule has 0 bridgehead atoms. The second-order valence-corrected chi connectivity index (χ2v) is 3.09. The highest BCUT2D eigenvalue weighted by atomic mass is 16.2. The van der Waals surface area contributed by atoms with Gasteiger partial charge in [-0.3, -0.25) is 10.2 Å². The van der Waals surface area contributed by atoms with Gasteiger partial charge in [0.05, 0.1) is 5.92 Å². The molecule has 0 aliphatic carbocycles. The number of nitrogens with one attached hydrogen (secondary N) is 1. The molecule has 1 atom stereocenters. The summed E-state index contributed by atoms with van der Waals surface area (Å²) in [5.74, 6) is -0.0262. The second-order valence-electron chi connectivity index (χ2n) is 3.09. The first kappa shape index (κ1) is 11.4. The van der Waals surface area contributed by atoms with Gasteiger partial charge in [-0.25, -0.2) is 5.01 Å². The van der Waals surface area contributed by atoms with Crippen molar-refractivity contribution in [1.29, 1.82) is 0 Å². The second kappa shape index (κ2) is 5.97. The lowest BCUT2D eigenvalue weighted by Gasteiger charge is -2.17. The minimum absolute atomic E-state index is 0.0179. The third-order valence-corrected chi connectivity index (χ3v) is 1.63. The first-order valence-electron chi connectivity index (χ1n) is 4.29. The van der Waals surface area contributed by atoms with E-state index >= 15 is 0 Å². The summed E-state index contributed by atoms with van der Waals surface area (Å²) in [6.45, 7) is 2.47. The van der Waals surface area contributed by atoms with E-state index in [1.165, 1.54) is 0 Å². The maximum Gasteiger partial charge on any atom is 0.238 e. The van der Waals surface area contributed by atoms with E-state index < -0.39 is 0 Å². The Bertz CT molecular complexity index is 136. The zero-order chi connectivity index (χ0) is 9.56. The van der Waals surface area contributed by atoms with Crippen LogP contribution in [0.15, 0.2) is 0 Å². The minimum atomic E-state index is -0.0441. The van der Waals surface area contributed by atoms with E-state index in [0.717, 1.165) is 12.8 Å². The van der Waals surface area contributed by atoms with Crippen molar-refractivity contribution >= 4 is 5.91 Å². The molecule has 0 fully saturated rings. The molecule has 0 radical (unpaired) electrons. The number of carbonyl (C=O) groups is 1. The van der Waals surface area contributed by atoms with Gasteiger partial charge in [0, 0.05) is 20.6 Å². The Morgan fingerprint density at radius 3 is 2.50 bits per heavy atom. The quantitative estimate of drug-likeness (QED) is 0.573. The molecule has 0 rings (SSSR count). The molecule has 0 aliphatic heterocycles. The standard InChI is InChI=1S/C8H19N3O/c1-4-5-7(6-9)8(12)10-11(2)3/h7H,4-6,9H2,1-3H3,(H,10,12). The molecule has 0 aromatic heterocycles. The van der Waals surface area contributed by atoms with Crippen molar-refractivity contribution in [1.82, 2.24) is 10.4 Å². The Labute approximate surface area is 74.1 Å². The number of hydrogen-bond acceptors (Lipinski definition) is 3. The predicted molar refractivity (Wildman–Crippen MR) is 49.3 cm³/mol. The molecule has 4 nitrogen and oxygen atoms in total. The van der Waals surface area contributed by atoms with Gasteiger partial charge in [-0.05, 0) is 6.42 Å². The molecule has 1 unspecified atom stereocenters. The van der Waals surface area contributed by atoms with Gasteiger partial charge in [-0.2, -0.15) is 0 Å². The maximum atomic E-state index is 11.3. The Morgan fingerprint density at radius 1 is 1.58 bits per heavy atom. The summed E-state index contributed by atoms with van der Waals surface area (Å²) in [7, 11) is 3.58. The average molecular weight is 173 g/mol. The van der Waals surface area contributed by atoms with Crippen molar-refractivity contribution in [2.45, 2.75) is 19.8 Å². The van der Waals surface area contributed by atoms with Crippen LogP contribution in [0, 0.1) is 5.92 Å². The van der Waals surface area contributed by atoms with E-state index in [1.807, 2.05) is 6.92 Å². The molecule has 0 aromatic carbocycles. The van der Waals surface area contributed by atoms with Crippen LogP contribution in [-0.2, 0) is 4.79 Å². The number of nitrogens with zero attached hydrogens (tertiary/aromatic N) is 1. The fourth-order valence-corrected chi connectivity index (χ4v) is 1.02. The summed E-state index contributed by atoms with van der Waals surface area (Å²) >= 11 is 0. The van der Waals surface area contributed by atoms with Crippen molar-refractivity contribution in [2.24, 2.45) is 11.7 Å². The molecule has 0 saturated carbocycles. The first-order valence-corrected chi connectivity index (χ1v) is 4.29. The van der Waals surface area contributed by atoms with Crippen LogP contribution in [-0.4, -0.2) is 31.6 Å². The molecule has 3 N–H and O–H groups in total. The molecular formula is C8H19N3O. The van der Waals surface area contributed by atoms with E-state index in [4.69, 9.17) is 5.73 Å². The SMILES string of the molecule is CCCC(CN)C(=O)NN(C)C. The topological polar surface area (TPSA) is 58.4 Å². The maximum absolute atomic E-state index is 11.3. The van der Waals surface area contributed by atoms with E-state index in [2.05, 4.69) is 5.43 Å². The largest absolute Gasteiger partial charge is 0.330 e. The van der Waals surface area contributed by atoms with Gasteiger partial charge >= 0.3 is 0 Å². The fraction of sp³-hybridized carbons (Fsp3) is 0.875. The summed E-state index contributed by atoms with van der Waals surface area (Å²) in [4.78, 5) is 11.3. The Hall–Kier alpha value is -0.610. The van der Waals surface area contributed by atoms with Gasteiger partial charge in [-0.1, -0.05) is 13.3 Å². The smallest absolute Gasteiger partial charge is 0.238 e. The number of rotatable bonds is 5. The lowest BCUT2D eigenvalue weighted by molar-refractivity contribution is -0.128. The Morgan fingerprint density at radius 2 is 2.17 bits per heavy atom. The normalized spacial score (nSPS) is 13.1. The van der Waals surface area contributed by atoms with Crippen LogP contribution in [0.1, 0.15) is 19.8 Å². The Balaban J connectivity index is 3.85. The van der Waals surface area contributed by atoms with Crippen LogP contribution < -0.4 is 11.2 Å². The summed E-state index contributed by atoms with van der Waals surface area (Å²) in [6, 6.07) is 0. The van der Waals surface area contributed by atoms with Crippen LogP contribution in [0.4, 0.5) is 0 Å². The monoisotopic (exact) mass is 173 g/mol. The lowest BCUT2D eigenvalue weighted by Crippen LogP contribution is -2.42. The molecule has 0 aliphatic rings. The van der Waals surface area contributed by atoms with Crippen LogP contribution >= 0.6 is 0 Å². The molecular weight excluding hydrogens is 154 g/mol. The lowest BCUT2D eigenvalue weighted by atomic mass is 10.0. The van der Waals surface area contributed by atoms with Crippen molar-refractivity contribution in [2.75, 3.05) is 20.6 Å². The number of hydrazine groups is 1. The predicted octanol–water partition coefficient (Wildman–Crippen LogP) is -0.0458. The van der Waals surface area contributed by atoms with E-state index in [0.29, 0.717) is 6.54 Å². The molecule has 0 heterocycles. The zero-order valence-electron chi connectivity index (χ0n) is 8.13. The molecule has 0 spiro atoms. The summed E-state index contributed by atoms with van der Waals surface area (Å²) in [5.41, 5.74) is 8.15. The van der Waals surface area contributed by atoms with Crippen molar-refractivity contribution in [3.05, 3.63) is 0 Å². The molecule has 0 saturated heterocycles. The van der Waals surface area contributed by atoms with Gasteiger partial charge < -0.3 is 5.73 Å². The van der Waals surface area contributed by atoms with Crippen molar-refractivity contribution < 1.29 is 4.79 Å². The first-order chi connectivity index (χ1) is 5.61. The van der Waals surface area contributed by atoms with Crippen LogP contribution in [0.25, 0.3) is 0 Å². The third kappa shape index (κ3) is 4.31. The van der Waals surface area contributed by atoms with E-state index in [-0.39, 0.29) is 11.8 Å². The molecule has 72 valence electrons.